The van der Waals surface area contributed by atoms with Crippen LogP contribution in [-0.2, 0) is 0 Å². The highest BCUT2D eigenvalue weighted by Gasteiger charge is 2.23. The molecule has 0 aliphatic heterocycles. The van der Waals surface area contributed by atoms with Crippen molar-refractivity contribution in [2.75, 3.05) is 6.54 Å². The number of rotatable bonds is 9. The molecular weight excluding hydrogens is 230 g/mol. The Labute approximate surface area is 121 Å². The molecule has 1 rings (SSSR count). The molecule has 1 aliphatic rings. The van der Waals surface area contributed by atoms with Crippen molar-refractivity contribution in [2.45, 2.75) is 91.5 Å². The molecule has 1 saturated carbocycles. The van der Waals surface area contributed by atoms with E-state index in [1.54, 1.807) is 0 Å². The summed E-state index contributed by atoms with van der Waals surface area (Å²) in [6.45, 7) is 10.7. The minimum atomic E-state index is 0.816. The van der Waals surface area contributed by atoms with Gasteiger partial charge < -0.3 is 5.32 Å². The second kappa shape index (κ2) is 9.80. The fraction of sp³-hybridized carbons (Fsp3) is 1.00. The summed E-state index contributed by atoms with van der Waals surface area (Å²) in [5.74, 6) is 2.73. The van der Waals surface area contributed by atoms with Crippen LogP contribution in [0.3, 0.4) is 0 Å². The average molecular weight is 268 g/mol. The van der Waals surface area contributed by atoms with Gasteiger partial charge in [0.05, 0.1) is 0 Å². The zero-order valence-electron chi connectivity index (χ0n) is 13.9. The number of hydrogen-bond donors (Lipinski definition) is 1. The van der Waals surface area contributed by atoms with Gasteiger partial charge in [0.2, 0.25) is 0 Å². The molecule has 0 spiro atoms. The highest BCUT2D eigenvalue weighted by Crippen LogP contribution is 2.29. The Morgan fingerprint density at radius 2 is 1.68 bits per heavy atom. The normalized spacial score (nSPS) is 24.3. The highest BCUT2D eigenvalue weighted by molar-refractivity contribution is 4.79. The molecular formula is C18H37N. The molecule has 0 amide bonds. The maximum atomic E-state index is 3.81. The molecule has 1 fully saturated rings. The van der Waals surface area contributed by atoms with Crippen molar-refractivity contribution in [3.8, 4) is 0 Å². The van der Waals surface area contributed by atoms with Crippen molar-refractivity contribution in [1.29, 1.82) is 0 Å². The molecule has 114 valence electrons. The summed E-state index contributed by atoms with van der Waals surface area (Å²) >= 11 is 0. The zero-order valence-corrected chi connectivity index (χ0v) is 13.9. The Morgan fingerprint density at radius 1 is 0.947 bits per heavy atom. The summed E-state index contributed by atoms with van der Waals surface area (Å²) < 4.78 is 0. The van der Waals surface area contributed by atoms with Gasteiger partial charge in [0, 0.05) is 6.04 Å². The third kappa shape index (κ3) is 7.97. The van der Waals surface area contributed by atoms with E-state index >= 15 is 0 Å². The zero-order chi connectivity index (χ0) is 14.1. The van der Waals surface area contributed by atoms with Crippen LogP contribution in [0.4, 0.5) is 0 Å². The summed E-state index contributed by atoms with van der Waals surface area (Å²) in [6, 6.07) is 0.816. The lowest BCUT2D eigenvalue weighted by molar-refractivity contribution is 0.231. The molecule has 2 unspecified atom stereocenters. The maximum Gasteiger partial charge on any atom is 0.00698 e. The number of unbranched alkanes of at least 4 members (excludes halogenated alkanes) is 3. The Bertz CT molecular complexity index is 210. The smallest absolute Gasteiger partial charge is 0.00698 e. The molecule has 1 heteroatoms. The monoisotopic (exact) mass is 267 g/mol. The number of hydrogen-bond acceptors (Lipinski definition) is 1. The summed E-state index contributed by atoms with van der Waals surface area (Å²) in [5.41, 5.74) is 0. The van der Waals surface area contributed by atoms with Gasteiger partial charge in [-0.25, -0.2) is 0 Å². The lowest BCUT2D eigenvalue weighted by atomic mass is 9.79. The van der Waals surface area contributed by atoms with Crippen molar-refractivity contribution in [3.05, 3.63) is 0 Å². The second-order valence-electron chi connectivity index (χ2n) is 7.42. The van der Waals surface area contributed by atoms with E-state index in [0.717, 1.165) is 23.8 Å². The van der Waals surface area contributed by atoms with E-state index in [1.807, 2.05) is 0 Å². The first-order valence-electron chi connectivity index (χ1n) is 8.83. The molecule has 0 heterocycles. The van der Waals surface area contributed by atoms with Gasteiger partial charge in [-0.2, -0.15) is 0 Å². The van der Waals surface area contributed by atoms with Gasteiger partial charge in [0.1, 0.15) is 0 Å². The van der Waals surface area contributed by atoms with Crippen LogP contribution in [-0.4, -0.2) is 12.6 Å². The molecule has 19 heavy (non-hydrogen) atoms. The lowest BCUT2D eigenvalue weighted by Crippen LogP contribution is -2.36. The third-order valence-electron chi connectivity index (χ3n) is 4.80. The fourth-order valence-corrected chi connectivity index (χ4v) is 3.36. The average Bonchev–Trinajstić information content (AvgIpc) is 2.37. The van der Waals surface area contributed by atoms with Crippen molar-refractivity contribution in [2.24, 2.45) is 17.8 Å². The van der Waals surface area contributed by atoms with Crippen molar-refractivity contribution < 1.29 is 0 Å². The molecule has 0 saturated heterocycles. The van der Waals surface area contributed by atoms with E-state index in [0.29, 0.717) is 0 Å². The van der Waals surface area contributed by atoms with Crippen molar-refractivity contribution in [1.82, 2.24) is 5.32 Å². The van der Waals surface area contributed by atoms with Crippen LogP contribution < -0.4 is 5.32 Å². The predicted molar refractivity (Wildman–Crippen MR) is 86.5 cm³/mol. The number of nitrogens with one attached hydrogen (secondary N) is 1. The largest absolute Gasteiger partial charge is 0.314 e. The summed E-state index contributed by atoms with van der Waals surface area (Å²) in [4.78, 5) is 0. The first kappa shape index (κ1) is 17.0. The standard InChI is InChI=1S/C18H37N/c1-15(2)10-7-5-6-8-13-19-18-12-9-11-17(14-18)16(3)4/h15-19H,5-14H2,1-4H3. The lowest BCUT2D eigenvalue weighted by Gasteiger charge is -2.32. The summed E-state index contributed by atoms with van der Waals surface area (Å²) in [6.07, 6.45) is 12.8. The molecule has 1 nitrogen and oxygen atoms in total. The van der Waals surface area contributed by atoms with E-state index in [-0.39, 0.29) is 0 Å². The maximum absolute atomic E-state index is 3.81. The molecule has 0 aromatic rings. The Kier molecular flexibility index (Phi) is 8.77. The predicted octanol–water partition coefficient (Wildman–Crippen LogP) is 5.40. The second-order valence-corrected chi connectivity index (χ2v) is 7.42. The van der Waals surface area contributed by atoms with Gasteiger partial charge in [0.15, 0.2) is 0 Å². The molecule has 0 radical (unpaired) electrons. The van der Waals surface area contributed by atoms with Crippen LogP contribution in [0.2, 0.25) is 0 Å². The first-order valence-corrected chi connectivity index (χ1v) is 8.83. The summed E-state index contributed by atoms with van der Waals surface area (Å²) in [5, 5.41) is 3.81. The van der Waals surface area contributed by atoms with E-state index in [2.05, 4.69) is 33.0 Å². The molecule has 0 bridgehead atoms. The highest BCUT2D eigenvalue weighted by atomic mass is 14.9. The van der Waals surface area contributed by atoms with E-state index < -0.39 is 0 Å². The Hall–Kier alpha value is -0.0400. The van der Waals surface area contributed by atoms with E-state index in [9.17, 15) is 0 Å². The third-order valence-corrected chi connectivity index (χ3v) is 4.80. The minimum Gasteiger partial charge on any atom is -0.314 e. The van der Waals surface area contributed by atoms with Gasteiger partial charge in [-0.05, 0) is 43.6 Å². The van der Waals surface area contributed by atoms with E-state index in [1.165, 1.54) is 64.3 Å². The quantitative estimate of drug-likeness (QED) is 0.552. The van der Waals surface area contributed by atoms with E-state index in [4.69, 9.17) is 0 Å². The molecule has 0 aromatic heterocycles. The topological polar surface area (TPSA) is 12.0 Å². The van der Waals surface area contributed by atoms with Gasteiger partial charge >= 0.3 is 0 Å². The van der Waals surface area contributed by atoms with Gasteiger partial charge in [-0.1, -0.05) is 66.2 Å². The van der Waals surface area contributed by atoms with Gasteiger partial charge in [0.25, 0.3) is 0 Å². The molecule has 0 aromatic carbocycles. The van der Waals surface area contributed by atoms with Crippen LogP contribution in [0.15, 0.2) is 0 Å². The van der Waals surface area contributed by atoms with Gasteiger partial charge in [-0.3, -0.25) is 0 Å². The SMILES string of the molecule is CC(C)CCCCCCNC1CCCC(C(C)C)C1. The molecule has 1 aliphatic carbocycles. The summed E-state index contributed by atoms with van der Waals surface area (Å²) in [7, 11) is 0. The van der Waals surface area contributed by atoms with Crippen LogP contribution in [0, 0.1) is 17.8 Å². The fourth-order valence-electron chi connectivity index (χ4n) is 3.36. The van der Waals surface area contributed by atoms with Gasteiger partial charge in [-0.15, -0.1) is 0 Å². The van der Waals surface area contributed by atoms with Crippen LogP contribution in [0.25, 0.3) is 0 Å². The first-order chi connectivity index (χ1) is 9.09. The van der Waals surface area contributed by atoms with Crippen molar-refractivity contribution in [3.63, 3.8) is 0 Å². The Morgan fingerprint density at radius 3 is 2.37 bits per heavy atom. The molecule has 2 atom stereocenters. The Balaban J connectivity index is 1.97. The molecule has 1 N–H and O–H groups in total. The minimum absolute atomic E-state index is 0.816. The van der Waals surface area contributed by atoms with Crippen LogP contribution >= 0.6 is 0 Å². The van der Waals surface area contributed by atoms with Crippen LogP contribution in [0.1, 0.15) is 85.5 Å². The van der Waals surface area contributed by atoms with Crippen molar-refractivity contribution >= 4 is 0 Å². The van der Waals surface area contributed by atoms with Crippen LogP contribution in [0.5, 0.6) is 0 Å².